The number of aliphatic carboxylic acids is 1. The van der Waals surface area contributed by atoms with Crippen molar-refractivity contribution in [3.63, 3.8) is 0 Å². The Morgan fingerprint density at radius 3 is 2.18 bits per heavy atom. The van der Waals surface area contributed by atoms with Crippen LogP contribution < -0.4 is 5.32 Å². The van der Waals surface area contributed by atoms with Gasteiger partial charge in [-0.05, 0) is 37.8 Å². The van der Waals surface area contributed by atoms with Gasteiger partial charge in [0.25, 0.3) is 5.91 Å². The van der Waals surface area contributed by atoms with Crippen molar-refractivity contribution < 1.29 is 14.7 Å². The Labute approximate surface area is 99.6 Å². The summed E-state index contributed by atoms with van der Waals surface area (Å²) in [7, 11) is 0. The molecule has 0 aromatic heterocycles. The van der Waals surface area contributed by atoms with E-state index in [2.05, 4.69) is 5.32 Å². The summed E-state index contributed by atoms with van der Waals surface area (Å²) in [6.07, 6.45) is 1.03. The monoisotopic (exact) mass is 233 g/mol. The number of amides is 1. The summed E-state index contributed by atoms with van der Waals surface area (Å²) in [4.78, 5) is 23.1. The quantitative estimate of drug-likeness (QED) is 0.834. The highest BCUT2D eigenvalue weighted by Gasteiger charge is 2.51. The maximum absolute atomic E-state index is 12.1. The van der Waals surface area contributed by atoms with Gasteiger partial charge < -0.3 is 10.4 Å². The average molecular weight is 233 g/mol. The molecule has 1 saturated carbocycles. The van der Waals surface area contributed by atoms with Crippen LogP contribution in [-0.2, 0) is 4.79 Å². The number of carbonyl (C=O) groups is 2. The minimum Gasteiger partial charge on any atom is -0.480 e. The van der Waals surface area contributed by atoms with Crippen molar-refractivity contribution in [1.82, 2.24) is 5.32 Å². The van der Waals surface area contributed by atoms with Crippen LogP contribution in [0.2, 0.25) is 0 Å². The predicted octanol–water partition coefficient (Wildman–Crippen LogP) is 1.65. The standard InChI is InChI=1S/C13H15NO3/c1-8-4-3-5-9(2)10(8)11(15)14-13(6-7-13)12(16)17/h3-5H,6-7H2,1-2H3,(H,14,15)(H,16,17). The normalized spacial score (nSPS) is 16.4. The molecular weight excluding hydrogens is 218 g/mol. The number of carbonyl (C=O) groups excluding carboxylic acids is 1. The first-order chi connectivity index (χ1) is 7.96. The zero-order valence-corrected chi connectivity index (χ0v) is 9.91. The van der Waals surface area contributed by atoms with Crippen LogP contribution in [0.4, 0.5) is 0 Å². The molecule has 0 radical (unpaired) electrons. The van der Waals surface area contributed by atoms with E-state index >= 15 is 0 Å². The first kappa shape index (κ1) is 11.6. The Hall–Kier alpha value is -1.84. The van der Waals surface area contributed by atoms with Crippen LogP contribution in [0.3, 0.4) is 0 Å². The lowest BCUT2D eigenvalue weighted by Crippen LogP contribution is -2.43. The van der Waals surface area contributed by atoms with Gasteiger partial charge in [-0.15, -0.1) is 0 Å². The van der Waals surface area contributed by atoms with E-state index in [4.69, 9.17) is 5.11 Å². The maximum Gasteiger partial charge on any atom is 0.329 e. The molecule has 4 nitrogen and oxygen atoms in total. The van der Waals surface area contributed by atoms with Crippen molar-refractivity contribution in [3.05, 3.63) is 34.9 Å². The molecule has 1 aromatic rings. The summed E-state index contributed by atoms with van der Waals surface area (Å²) in [5.41, 5.74) is 1.29. The Morgan fingerprint density at radius 2 is 1.76 bits per heavy atom. The van der Waals surface area contributed by atoms with Gasteiger partial charge in [-0.25, -0.2) is 4.79 Å². The van der Waals surface area contributed by atoms with Crippen molar-refractivity contribution in [2.75, 3.05) is 0 Å². The third kappa shape index (κ3) is 2.02. The van der Waals surface area contributed by atoms with Crippen molar-refractivity contribution >= 4 is 11.9 Å². The van der Waals surface area contributed by atoms with E-state index in [1.165, 1.54) is 0 Å². The lowest BCUT2D eigenvalue weighted by atomic mass is 10.0. The van der Waals surface area contributed by atoms with Crippen molar-refractivity contribution in [1.29, 1.82) is 0 Å². The van der Waals surface area contributed by atoms with Crippen molar-refractivity contribution in [3.8, 4) is 0 Å². The maximum atomic E-state index is 12.1. The number of rotatable bonds is 3. The molecule has 17 heavy (non-hydrogen) atoms. The predicted molar refractivity (Wildman–Crippen MR) is 63.0 cm³/mol. The number of nitrogens with one attached hydrogen (secondary N) is 1. The lowest BCUT2D eigenvalue weighted by molar-refractivity contribution is -0.140. The van der Waals surface area contributed by atoms with Crippen molar-refractivity contribution in [2.45, 2.75) is 32.2 Å². The van der Waals surface area contributed by atoms with Gasteiger partial charge in [-0.3, -0.25) is 4.79 Å². The van der Waals surface area contributed by atoms with Gasteiger partial charge in [-0.2, -0.15) is 0 Å². The molecular formula is C13H15NO3. The van der Waals surface area contributed by atoms with Gasteiger partial charge in [0, 0.05) is 5.56 Å². The van der Waals surface area contributed by atoms with E-state index in [-0.39, 0.29) is 5.91 Å². The molecule has 0 atom stereocenters. The largest absolute Gasteiger partial charge is 0.480 e. The average Bonchev–Trinajstić information content (AvgIpc) is 2.98. The highest BCUT2D eigenvalue weighted by atomic mass is 16.4. The number of hydrogen-bond acceptors (Lipinski definition) is 2. The fourth-order valence-electron chi connectivity index (χ4n) is 1.97. The van der Waals surface area contributed by atoms with Gasteiger partial charge in [0.05, 0.1) is 0 Å². The van der Waals surface area contributed by atoms with Crippen LogP contribution in [-0.4, -0.2) is 22.5 Å². The fraction of sp³-hybridized carbons (Fsp3) is 0.385. The second-order valence-corrected chi connectivity index (χ2v) is 4.61. The summed E-state index contributed by atoms with van der Waals surface area (Å²) in [5, 5.41) is 11.6. The molecule has 1 aliphatic carbocycles. The molecule has 1 amide bonds. The zero-order valence-electron chi connectivity index (χ0n) is 9.91. The molecule has 4 heteroatoms. The van der Waals surface area contributed by atoms with Gasteiger partial charge in [0.15, 0.2) is 0 Å². The van der Waals surface area contributed by atoms with E-state index in [1.54, 1.807) is 0 Å². The highest BCUT2D eigenvalue weighted by molar-refractivity contribution is 6.00. The molecule has 1 aliphatic rings. The first-order valence-electron chi connectivity index (χ1n) is 5.58. The van der Waals surface area contributed by atoms with E-state index in [0.29, 0.717) is 18.4 Å². The Bertz CT molecular complexity index is 469. The van der Waals surface area contributed by atoms with E-state index < -0.39 is 11.5 Å². The lowest BCUT2D eigenvalue weighted by Gasteiger charge is -2.15. The third-order valence-corrected chi connectivity index (χ3v) is 3.22. The van der Waals surface area contributed by atoms with Crippen LogP contribution in [0.25, 0.3) is 0 Å². The first-order valence-corrected chi connectivity index (χ1v) is 5.58. The fourth-order valence-corrected chi connectivity index (χ4v) is 1.97. The summed E-state index contributed by atoms with van der Waals surface area (Å²) in [6.45, 7) is 3.70. The highest BCUT2D eigenvalue weighted by Crippen LogP contribution is 2.36. The van der Waals surface area contributed by atoms with Gasteiger partial charge in [0.1, 0.15) is 5.54 Å². The molecule has 1 aromatic carbocycles. The van der Waals surface area contributed by atoms with Crippen LogP contribution >= 0.6 is 0 Å². The molecule has 2 N–H and O–H groups in total. The Kier molecular flexibility index (Phi) is 2.65. The molecule has 0 bridgehead atoms. The number of carboxylic acids is 1. The number of carboxylic acid groups (broad SMARTS) is 1. The van der Waals surface area contributed by atoms with Crippen LogP contribution in [0.5, 0.6) is 0 Å². The molecule has 0 unspecified atom stereocenters. The second kappa shape index (κ2) is 3.87. The molecule has 1 fully saturated rings. The Balaban J connectivity index is 2.24. The van der Waals surface area contributed by atoms with Crippen molar-refractivity contribution in [2.24, 2.45) is 0 Å². The summed E-state index contributed by atoms with van der Waals surface area (Å²) in [6, 6.07) is 5.58. The van der Waals surface area contributed by atoms with E-state index in [9.17, 15) is 9.59 Å². The SMILES string of the molecule is Cc1cccc(C)c1C(=O)NC1(C(=O)O)CC1. The molecule has 90 valence electrons. The smallest absolute Gasteiger partial charge is 0.329 e. The zero-order chi connectivity index (χ0) is 12.6. The third-order valence-electron chi connectivity index (χ3n) is 3.22. The summed E-state index contributed by atoms with van der Waals surface area (Å²) >= 11 is 0. The Morgan fingerprint density at radius 1 is 1.24 bits per heavy atom. The van der Waals surface area contributed by atoms with Crippen LogP contribution in [0, 0.1) is 13.8 Å². The number of aryl methyl sites for hydroxylation is 2. The van der Waals surface area contributed by atoms with Gasteiger partial charge in [0.2, 0.25) is 0 Å². The van der Waals surface area contributed by atoms with Gasteiger partial charge in [-0.1, -0.05) is 18.2 Å². The van der Waals surface area contributed by atoms with Gasteiger partial charge >= 0.3 is 5.97 Å². The minimum atomic E-state index is -1.02. The molecule has 0 spiro atoms. The summed E-state index contributed by atoms with van der Waals surface area (Å²) < 4.78 is 0. The molecule has 0 saturated heterocycles. The summed E-state index contributed by atoms with van der Waals surface area (Å²) in [5.74, 6) is -1.24. The molecule has 2 rings (SSSR count). The topological polar surface area (TPSA) is 66.4 Å². The second-order valence-electron chi connectivity index (χ2n) is 4.61. The van der Waals surface area contributed by atoms with Crippen LogP contribution in [0.15, 0.2) is 18.2 Å². The molecule has 0 heterocycles. The van der Waals surface area contributed by atoms with E-state index in [1.807, 2.05) is 32.0 Å². The molecule has 0 aliphatic heterocycles. The van der Waals surface area contributed by atoms with E-state index in [0.717, 1.165) is 11.1 Å². The minimum absolute atomic E-state index is 0.291. The number of hydrogen-bond donors (Lipinski definition) is 2. The van der Waals surface area contributed by atoms with Crippen LogP contribution in [0.1, 0.15) is 34.3 Å². The number of benzene rings is 1.